The fourth-order valence-electron chi connectivity index (χ4n) is 2.17. The first-order chi connectivity index (χ1) is 8.85. The van der Waals surface area contributed by atoms with Gasteiger partial charge in [-0.25, -0.2) is 8.42 Å². The van der Waals surface area contributed by atoms with E-state index in [9.17, 15) is 13.2 Å². The van der Waals surface area contributed by atoms with Crippen LogP contribution in [0.2, 0.25) is 0 Å². The highest BCUT2D eigenvalue weighted by Crippen LogP contribution is 2.23. The Labute approximate surface area is 121 Å². The van der Waals surface area contributed by atoms with Crippen LogP contribution in [0.3, 0.4) is 0 Å². The average molecular weight is 346 g/mol. The zero-order valence-corrected chi connectivity index (χ0v) is 13.1. The standard InChI is InChI=1S/C13H16BrNO3S/c1-19(17,18)7-5-13(16)15-6-4-10-2-3-12(14)8-11(10)9-15/h2-3,8H,4-7,9H2,1H3. The van der Waals surface area contributed by atoms with E-state index >= 15 is 0 Å². The zero-order chi connectivity index (χ0) is 14.0. The topological polar surface area (TPSA) is 54.5 Å². The molecular formula is C13H16BrNO3S. The lowest BCUT2D eigenvalue weighted by molar-refractivity contribution is -0.131. The highest BCUT2D eigenvalue weighted by Gasteiger charge is 2.21. The second kappa shape index (κ2) is 5.63. The van der Waals surface area contributed by atoms with Gasteiger partial charge >= 0.3 is 0 Å². The van der Waals surface area contributed by atoms with Gasteiger partial charge in [0.05, 0.1) is 5.75 Å². The van der Waals surface area contributed by atoms with Gasteiger partial charge in [0.1, 0.15) is 9.84 Å². The van der Waals surface area contributed by atoms with Crippen LogP contribution in [0.5, 0.6) is 0 Å². The highest BCUT2D eigenvalue weighted by molar-refractivity contribution is 9.10. The van der Waals surface area contributed by atoms with Gasteiger partial charge in [0, 0.05) is 30.2 Å². The summed E-state index contributed by atoms with van der Waals surface area (Å²) in [6.45, 7) is 1.23. The van der Waals surface area contributed by atoms with Gasteiger partial charge in [-0.15, -0.1) is 0 Å². The summed E-state index contributed by atoms with van der Waals surface area (Å²) in [5.74, 6) is -0.163. The molecule has 1 aromatic rings. The first kappa shape index (κ1) is 14.5. The molecule has 0 N–H and O–H groups in total. The third-order valence-electron chi connectivity index (χ3n) is 3.22. The largest absolute Gasteiger partial charge is 0.338 e. The Kier molecular flexibility index (Phi) is 4.30. The van der Waals surface area contributed by atoms with Crippen LogP contribution in [0.25, 0.3) is 0 Å². The number of halogens is 1. The summed E-state index contributed by atoms with van der Waals surface area (Å²) in [6, 6.07) is 6.09. The minimum atomic E-state index is -3.08. The average Bonchev–Trinajstić information content (AvgIpc) is 2.34. The Morgan fingerprint density at radius 3 is 2.79 bits per heavy atom. The summed E-state index contributed by atoms with van der Waals surface area (Å²) in [5, 5.41) is 0. The van der Waals surface area contributed by atoms with Gasteiger partial charge in [0.25, 0.3) is 0 Å². The third kappa shape index (κ3) is 4.04. The number of fused-ring (bicyclic) bond motifs is 1. The Morgan fingerprint density at radius 2 is 2.11 bits per heavy atom. The van der Waals surface area contributed by atoms with Crippen LogP contribution in [0.4, 0.5) is 0 Å². The van der Waals surface area contributed by atoms with Crippen LogP contribution in [0, 0.1) is 0 Å². The van der Waals surface area contributed by atoms with Crippen molar-refractivity contribution in [3.8, 4) is 0 Å². The molecule has 1 aromatic carbocycles. The Bertz CT molecular complexity index is 598. The molecule has 0 aromatic heterocycles. The number of nitrogens with zero attached hydrogens (tertiary/aromatic N) is 1. The van der Waals surface area contributed by atoms with Crippen molar-refractivity contribution in [1.29, 1.82) is 0 Å². The Morgan fingerprint density at radius 1 is 1.37 bits per heavy atom. The predicted octanol–water partition coefficient (Wildman–Crippen LogP) is 1.77. The smallest absolute Gasteiger partial charge is 0.223 e. The molecule has 0 atom stereocenters. The molecule has 0 radical (unpaired) electrons. The molecule has 2 rings (SSSR count). The molecule has 1 aliphatic heterocycles. The van der Waals surface area contributed by atoms with Crippen LogP contribution in [-0.4, -0.2) is 37.8 Å². The quantitative estimate of drug-likeness (QED) is 0.838. The van der Waals surface area contributed by atoms with E-state index in [-0.39, 0.29) is 18.1 Å². The molecule has 6 heteroatoms. The molecule has 1 aliphatic rings. The Hall–Kier alpha value is -0.880. The van der Waals surface area contributed by atoms with E-state index in [0.717, 1.165) is 22.7 Å². The van der Waals surface area contributed by atoms with E-state index in [1.807, 2.05) is 12.1 Å². The number of amides is 1. The van der Waals surface area contributed by atoms with Crippen LogP contribution in [0.1, 0.15) is 17.5 Å². The van der Waals surface area contributed by atoms with Gasteiger partial charge in [0.15, 0.2) is 0 Å². The first-order valence-corrected chi connectivity index (χ1v) is 8.93. The van der Waals surface area contributed by atoms with Crippen molar-refractivity contribution in [1.82, 2.24) is 4.90 Å². The summed E-state index contributed by atoms with van der Waals surface area (Å²) in [6.07, 6.45) is 2.05. The molecule has 19 heavy (non-hydrogen) atoms. The molecule has 1 heterocycles. The van der Waals surface area contributed by atoms with Crippen molar-refractivity contribution in [3.05, 3.63) is 33.8 Å². The molecule has 0 bridgehead atoms. The van der Waals surface area contributed by atoms with Crippen molar-refractivity contribution in [2.45, 2.75) is 19.4 Å². The van der Waals surface area contributed by atoms with Crippen molar-refractivity contribution in [3.63, 3.8) is 0 Å². The summed E-state index contributed by atoms with van der Waals surface area (Å²) >= 11 is 3.42. The van der Waals surface area contributed by atoms with Crippen molar-refractivity contribution in [2.75, 3.05) is 18.6 Å². The van der Waals surface area contributed by atoms with Gasteiger partial charge in [-0.2, -0.15) is 0 Å². The minimum absolute atomic E-state index is 0.0716. The van der Waals surface area contributed by atoms with Gasteiger partial charge in [0.2, 0.25) is 5.91 Å². The van der Waals surface area contributed by atoms with Crippen LogP contribution in [-0.2, 0) is 27.6 Å². The molecule has 1 amide bonds. The number of hydrogen-bond acceptors (Lipinski definition) is 3. The number of carbonyl (C=O) groups excluding carboxylic acids is 1. The van der Waals surface area contributed by atoms with Crippen molar-refractivity contribution >= 4 is 31.7 Å². The maximum Gasteiger partial charge on any atom is 0.223 e. The summed E-state index contributed by atoms with van der Waals surface area (Å²) in [7, 11) is -3.08. The second-order valence-electron chi connectivity index (χ2n) is 4.86. The number of rotatable bonds is 3. The number of sulfone groups is 1. The van der Waals surface area contributed by atoms with Gasteiger partial charge in [-0.3, -0.25) is 4.79 Å². The lowest BCUT2D eigenvalue weighted by atomic mass is 10.00. The van der Waals surface area contributed by atoms with Crippen molar-refractivity contribution in [2.24, 2.45) is 0 Å². The molecule has 0 saturated heterocycles. The van der Waals surface area contributed by atoms with E-state index in [1.165, 1.54) is 5.56 Å². The molecule has 0 aliphatic carbocycles. The van der Waals surface area contributed by atoms with E-state index in [2.05, 4.69) is 22.0 Å². The summed E-state index contributed by atoms with van der Waals surface area (Å²) < 4.78 is 23.2. The number of hydrogen-bond donors (Lipinski definition) is 0. The minimum Gasteiger partial charge on any atom is -0.338 e. The lowest BCUT2D eigenvalue weighted by Gasteiger charge is -2.29. The van der Waals surface area contributed by atoms with Crippen LogP contribution >= 0.6 is 15.9 Å². The number of benzene rings is 1. The fourth-order valence-corrected chi connectivity index (χ4v) is 3.12. The monoisotopic (exact) mass is 345 g/mol. The lowest BCUT2D eigenvalue weighted by Crippen LogP contribution is -2.36. The molecular weight excluding hydrogens is 330 g/mol. The highest BCUT2D eigenvalue weighted by atomic mass is 79.9. The molecule has 104 valence electrons. The normalized spacial score (nSPS) is 15.2. The SMILES string of the molecule is CS(=O)(=O)CCC(=O)N1CCc2ccc(Br)cc2C1. The maximum absolute atomic E-state index is 12.0. The van der Waals surface area contributed by atoms with E-state index in [0.29, 0.717) is 13.1 Å². The van der Waals surface area contributed by atoms with E-state index in [4.69, 9.17) is 0 Å². The molecule has 0 unspecified atom stereocenters. The molecule has 0 spiro atoms. The summed E-state index contributed by atoms with van der Waals surface area (Å²) in [4.78, 5) is 13.7. The second-order valence-corrected chi connectivity index (χ2v) is 8.03. The molecule has 0 fully saturated rings. The van der Waals surface area contributed by atoms with Crippen LogP contribution in [0.15, 0.2) is 22.7 Å². The van der Waals surface area contributed by atoms with Gasteiger partial charge in [-0.05, 0) is 29.7 Å². The van der Waals surface area contributed by atoms with Gasteiger partial charge < -0.3 is 4.90 Å². The van der Waals surface area contributed by atoms with E-state index in [1.54, 1.807) is 4.90 Å². The summed E-state index contributed by atoms with van der Waals surface area (Å²) in [5.41, 5.74) is 2.39. The molecule has 4 nitrogen and oxygen atoms in total. The number of carbonyl (C=O) groups is 1. The Balaban J connectivity index is 2.03. The van der Waals surface area contributed by atoms with Gasteiger partial charge in [-0.1, -0.05) is 22.0 Å². The third-order valence-corrected chi connectivity index (χ3v) is 4.66. The zero-order valence-electron chi connectivity index (χ0n) is 10.7. The fraction of sp³-hybridized carbons (Fsp3) is 0.462. The predicted molar refractivity (Wildman–Crippen MR) is 77.6 cm³/mol. The first-order valence-electron chi connectivity index (χ1n) is 6.08. The molecule has 0 saturated carbocycles. The maximum atomic E-state index is 12.0. The van der Waals surface area contributed by atoms with E-state index < -0.39 is 9.84 Å². The van der Waals surface area contributed by atoms with Crippen molar-refractivity contribution < 1.29 is 13.2 Å². The van der Waals surface area contributed by atoms with Crippen LogP contribution < -0.4 is 0 Å².